The van der Waals surface area contributed by atoms with Crippen molar-refractivity contribution in [2.45, 2.75) is 39.8 Å². The molecule has 0 saturated heterocycles. The van der Waals surface area contributed by atoms with Gasteiger partial charge >= 0.3 is 0 Å². The van der Waals surface area contributed by atoms with E-state index in [4.69, 9.17) is 11.6 Å². The maximum atomic E-state index is 13.4. The van der Waals surface area contributed by atoms with Gasteiger partial charge in [-0.1, -0.05) is 52.7 Å². The number of anilines is 1. The summed E-state index contributed by atoms with van der Waals surface area (Å²) in [6.07, 6.45) is 1.79. The van der Waals surface area contributed by atoms with Crippen molar-refractivity contribution in [3.05, 3.63) is 63.1 Å². The van der Waals surface area contributed by atoms with Crippen LogP contribution in [0.2, 0.25) is 5.02 Å². The van der Waals surface area contributed by atoms with E-state index in [0.29, 0.717) is 11.6 Å². The van der Waals surface area contributed by atoms with Gasteiger partial charge in [0.15, 0.2) is 0 Å². The van der Waals surface area contributed by atoms with Crippen molar-refractivity contribution in [2.24, 2.45) is 0 Å². The van der Waals surface area contributed by atoms with Gasteiger partial charge in [0.25, 0.3) is 0 Å². The highest BCUT2D eigenvalue weighted by molar-refractivity contribution is 9.10. The summed E-state index contributed by atoms with van der Waals surface area (Å²) in [6.45, 7) is 5.56. The summed E-state index contributed by atoms with van der Waals surface area (Å²) in [6, 6.07) is 11.4. The van der Waals surface area contributed by atoms with Crippen LogP contribution in [0.25, 0.3) is 0 Å². The number of carbonyl (C=O) groups is 2. The van der Waals surface area contributed by atoms with Gasteiger partial charge in [-0.2, -0.15) is 0 Å². The standard InChI is InChI=1S/C23H29BrClN3O4S/c1-5-12-26-23(30)17(3)27(14-18-7-9-19(24)10-8-18)22(29)15-28(33(4,31)32)20-11-6-16(2)21(25)13-20/h6-11,13,17H,5,12,14-15H2,1-4H3,(H,26,30)/t17-/m1/s1. The van der Waals surface area contributed by atoms with Gasteiger partial charge in [0.05, 0.1) is 11.9 Å². The summed E-state index contributed by atoms with van der Waals surface area (Å²) in [5.41, 5.74) is 1.89. The SMILES string of the molecule is CCCNC(=O)[C@@H](C)N(Cc1ccc(Br)cc1)C(=O)CN(c1ccc(C)c(Cl)c1)S(C)(=O)=O. The molecule has 33 heavy (non-hydrogen) atoms. The molecule has 0 fully saturated rings. The molecule has 0 aliphatic rings. The van der Waals surface area contributed by atoms with Crippen molar-refractivity contribution in [2.75, 3.05) is 23.7 Å². The molecule has 2 rings (SSSR count). The Hall–Kier alpha value is -2.10. The average molecular weight is 559 g/mol. The maximum Gasteiger partial charge on any atom is 0.244 e. The van der Waals surface area contributed by atoms with E-state index in [9.17, 15) is 18.0 Å². The molecule has 10 heteroatoms. The van der Waals surface area contributed by atoms with Crippen LogP contribution >= 0.6 is 27.5 Å². The van der Waals surface area contributed by atoms with Crippen molar-refractivity contribution in [1.29, 1.82) is 0 Å². The highest BCUT2D eigenvalue weighted by Crippen LogP contribution is 2.25. The molecular formula is C23H29BrClN3O4S. The first-order valence-corrected chi connectivity index (χ1v) is 13.5. The third kappa shape index (κ3) is 7.72. The summed E-state index contributed by atoms with van der Waals surface area (Å²) in [5, 5.41) is 3.20. The highest BCUT2D eigenvalue weighted by atomic mass is 79.9. The van der Waals surface area contributed by atoms with Crippen LogP contribution in [0.1, 0.15) is 31.4 Å². The molecule has 0 unspecified atom stereocenters. The minimum absolute atomic E-state index is 0.152. The van der Waals surface area contributed by atoms with Crippen molar-refractivity contribution in [1.82, 2.24) is 10.2 Å². The van der Waals surface area contributed by atoms with Crippen LogP contribution in [0.4, 0.5) is 5.69 Å². The number of rotatable bonds is 10. The molecule has 0 heterocycles. The van der Waals surface area contributed by atoms with Crippen molar-refractivity contribution >= 4 is 55.1 Å². The Kier molecular flexibility index (Phi) is 9.75. The predicted molar refractivity (Wildman–Crippen MR) is 136 cm³/mol. The van der Waals surface area contributed by atoms with Crippen LogP contribution < -0.4 is 9.62 Å². The van der Waals surface area contributed by atoms with Crippen LogP contribution in [0.5, 0.6) is 0 Å². The van der Waals surface area contributed by atoms with Gasteiger partial charge < -0.3 is 10.2 Å². The molecule has 0 radical (unpaired) electrons. The number of aryl methyl sites for hydroxylation is 1. The molecule has 0 saturated carbocycles. The Morgan fingerprint density at radius 2 is 1.79 bits per heavy atom. The molecule has 0 bridgehead atoms. The molecule has 2 aromatic rings. The third-order valence-corrected chi connectivity index (χ3v) is 7.18. The predicted octanol–water partition coefficient (Wildman–Crippen LogP) is 4.12. The van der Waals surface area contributed by atoms with E-state index < -0.39 is 28.5 Å². The van der Waals surface area contributed by atoms with E-state index >= 15 is 0 Å². The molecule has 2 aromatic carbocycles. The van der Waals surface area contributed by atoms with Gasteiger partial charge in [-0.3, -0.25) is 13.9 Å². The molecule has 7 nitrogen and oxygen atoms in total. The van der Waals surface area contributed by atoms with Gasteiger partial charge in [0, 0.05) is 22.6 Å². The fourth-order valence-electron chi connectivity index (χ4n) is 3.12. The lowest BCUT2D eigenvalue weighted by molar-refractivity contribution is -0.139. The average Bonchev–Trinajstić information content (AvgIpc) is 2.76. The van der Waals surface area contributed by atoms with Crippen molar-refractivity contribution in [3.8, 4) is 0 Å². The zero-order valence-electron chi connectivity index (χ0n) is 19.1. The van der Waals surface area contributed by atoms with Gasteiger partial charge in [0.1, 0.15) is 12.6 Å². The topological polar surface area (TPSA) is 86.8 Å². The normalized spacial score (nSPS) is 12.2. The second-order valence-electron chi connectivity index (χ2n) is 7.82. The lowest BCUT2D eigenvalue weighted by atomic mass is 10.1. The molecule has 0 aliphatic carbocycles. The maximum absolute atomic E-state index is 13.4. The summed E-state index contributed by atoms with van der Waals surface area (Å²) >= 11 is 9.58. The molecule has 0 aliphatic heterocycles. The number of amides is 2. The number of benzene rings is 2. The minimum Gasteiger partial charge on any atom is -0.354 e. The van der Waals surface area contributed by atoms with E-state index in [0.717, 1.165) is 32.6 Å². The van der Waals surface area contributed by atoms with E-state index in [1.807, 2.05) is 31.2 Å². The Bertz CT molecular complexity index is 1090. The Morgan fingerprint density at radius 1 is 1.15 bits per heavy atom. The molecule has 1 N–H and O–H groups in total. The number of carbonyl (C=O) groups excluding carboxylic acids is 2. The van der Waals surface area contributed by atoms with Gasteiger partial charge in [-0.25, -0.2) is 8.42 Å². The second kappa shape index (κ2) is 11.9. The zero-order chi connectivity index (χ0) is 24.8. The smallest absolute Gasteiger partial charge is 0.244 e. The largest absolute Gasteiger partial charge is 0.354 e. The van der Waals surface area contributed by atoms with Crippen molar-refractivity contribution < 1.29 is 18.0 Å². The summed E-state index contributed by atoms with van der Waals surface area (Å²) < 4.78 is 27.0. The zero-order valence-corrected chi connectivity index (χ0v) is 22.3. The first-order valence-electron chi connectivity index (χ1n) is 10.5. The molecule has 180 valence electrons. The lowest BCUT2D eigenvalue weighted by Gasteiger charge is -2.31. The molecule has 1 atom stereocenters. The number of nitrogens with one attached hydrogen (secondary N) is 1. The fourth-order valence-corrected chi connectivity index (χ4v) is 4.40. The number of hydrogen-bond acceptors (Lipinski definition) is 4. The Balaban J connectivity index is 2.38. The molecule has 2 amide bonds. The first kappa shape index (κ1) is 27.1. The van der Waals surface area contributed by atoms with Gasteiger partial charge in [-0.15, -0.1) is 0 Å². The Labute approximate surface area is 209 Å². The molecule has 0 spiro atoms. The van der Waals surface area contributed by atoms with Crippen LogP contribution in [0.3, 0.4) is 0 Å². The monoisotopic (exact) mass is 557 g/mol. The second-order valence-corrected chi connectivity index (χ2v) is 11.0. The number of halogens is 2. The van der Waals surface area contributed by atoms with Crippen LogP contribution in [-0.2, 0) is 26.2 Å². The lowest BCUT2D eigenvalue weighted by Crippen LogP contribution is -2.51. The van der Waals surface area contributed by atoms with Gasteiger partial charge in [-0.05, 0) is 55.7 Å². The quantitative estimate of drug-likeness (QED) is 0.475. The third-order valence-electron chi connectivity index (χ3n) is 5.11. The van der Waals surface area contributed by atoms with Crippen LogP contribution in [-0.4, -0.2) is 50.5 Å². The van der Waals surface area contributed by atoms with Gasteiger partial charge in [0.2, 0.25) is 21.8 Å². The molecule has 0 aromatic heterocycles. The fraction of sp³-hybridized carbons (Fsp3) is 0.391. The summed E-state index contributed by atoms with van der Waals surface area (Å²) in [5.74, 6) is -0.800. The van der Waals surface area contributed by atoms with E-state index in [1.165, 1.54) is 11.0 Å². The summed E-state index contributed by atoms with van der Waals surface area (Å²) in [7, 11) is -3.79. The molecular weight excluding hydrogens is 530 g/mol. The number of nitrogens with zero attached hydrogens (tertiary/aromatic N) is 2. The van der Waals surface area contributed by atoms with Crippen LogP contribution in [0, 0.1) is 6.92 Å². The van der Waals surface area contributed by atoms with Crippen molar-refractivity contribution in [3.63, 3.8) is 0 Å². The highest BCUT2D eigenvalue weighted by Gasteiger charge is 2.30. The first-order chi connectivity index (χ1) is 15.4. The number of sulfonamides is 1. The van der Waals surface area contributed by atoms with Crippen LogP contribution in [0.15, 0.2) is 46.9 Å². The van der Waals surface area contributed by atoms with E-state index in [2.05, 4.69) is 21.2 Å². The van der Waals surface area contributed by atoms with E-state index in [1.54, 1.807) is 26.0 Å². The van der Waals surface area contributed by atoms with E-state index in [-0.39, 0.29) is 18.1 Å². The minimum atomic E-state index is -3.79. The summed E-state index contributed by atoms with van der Waals surface area (Å²) in [4.78, 5) is 27.5. The Morgan fingerprint density at radius 3 is 2.33 bits per heavy atom. The number of hydrogen-bond donors (Lipinski definition) is 1.